The molecule has 0 saturated heterocycles. The molecule has 15 heavy (non-hydrogen) atoms. The summed E-state index contributed by atoms with van der Waals surface area (Å²) in [6.45, 7) is 2.01. The Kier molecular flexibility index (Phi) is 3.21. The standard InChI is InChI=1S/C11H14BrClN2/c1-7-11(12)10(15(2)14-7)6-8-3-4-9(13)5-8/h5,9H,3-4,6H2,1-2H3. The van der Waals surface area contributed by atoms with Crippen LogP contribution in [0.4, 0.5) is 0 Å². The van der Waals surface area contributed by atoms with Gasteiger partial charge in [0, 0.05) is 13.5 Å². The second kappa shape index (κ2) is 4.30. The van der Waals surface area contributed by atoms with Crippen LogP contribution in [-0.2, 0) is 13.5 Å². The number of alkyl halides is 1. The Labute approximate surface area is 103 Å². The summed E-state index contributed by atoms with van der Waals surface area (Å²) in [5.41, 5.74) is 3.72. The molecule has 1 aliphatic rings. The number of hydrogen-bond donors (Lipinski definition) is 0. The third-order valence-electron chi connectivity index (χ3n) is 2.81. The number of aryl methyl sites for hydroxylation is 2. The van der Waals surface area contributed by atoms with E-state index >= 15 is 0 Å². The van der Waals surface area contributed by atoms with E-state index in [4.69, 9.17) is 11.6 Å². The van der Waals surface area contributed by atoms with Crippen molar-refractivity contribution in [2.24, 2.45) is 7.05 Å². The van der Waals surface area contributed by atoms with Crippen molar-refractivity contribution in [2.45, 2.75) is 31.6 Å². The highest BCUT2D eigenvalue weighted by Gasteiger charge is 2.17. The summed E-state index contributed by atoms with van der Waals surface area (Å²) in [4.78, 5) is 0. The molecule has 1 aliphatic carbocycles. The second-order valence-electron chi connectivity index (χ2n) is 4.03. The lowest BCUT2D eigenvalue weighted by molar-refractivity contribution is 0.709. The minimum atomic E-state index is 0.230. The van der Waals surface area contributed by atoms with E-state index < -0.39 is 0 Å². The summed E-state index contributed by atoms with van der Waals surface area (Å²) in [5.74, 6) is 0. The zero-order chi connectivity index (χ0) is 11.0. The van der Waals surface area contributed by atoms with Crippen LogP contribution in [0.15, 0.2) is 16.1 Å². The van der Waals surface area contributed by atoms with E-state index in [2.05, 4.69) is 27.1 Å². The molecule has 0 aromatic carbocycles. The molecule has 0 bridgehead atoms. The van der Waals surface area contributed by atoms with Gasteiger partial charge in [0.1, 0.15) is 0 Å². The van der Waals surface area contributed by atoms with Gasteiger partial charge < -0.3 is 0 Å². The Morgan fingerprint density at radius 1 is 1.67 bits per heavy atom. The van der Waals surface area contributed by atoms with E-state index in [1.165, 1.54) is 11.3 Å². The molecule has 0 radical (unpaired) electrons. The maximum absolute atomic E-state index is 6.05. The van der Waals surface area contributed by atoms with Gasteiger partial charge in [-0.15, -0.1) is 11.6 Å². The number of nitrogens with zero attached hydrogens (tertiary/aromatic N) is 2. The minimum Gasteiger partial charge on any atom is -0.271 e. The van der Waals surface area contributed by atoms with E-state index in [9.17, 15) is 0 Å². The molecular formula is C11H14BrClN2. The fourth-order valence-electron chi connectivity index (χ4n) is 1.98. The molecule has 0 amide bonds. The molecule has 1 unspecified atom stereocenters. The van der Waals surface area contributed by atoms with Crippen molar-refractivity contribution in [1.82, 2.24) is 9.78 Å². The van der Waals surface area contributed by atoms with Crippen LogP contribution in [0.2, 0.25) is 0 Å². The molecule has 0 spiro atoms. The molecule has 1 aromatic rings. The molecular weight excluding hydrogens is 275 g/mol. The van der Waals surface area contributed by atoms with Crippen molar-refractivity contribution in [3.63, 3.8) is 0 Å². The molecule has 0 fully saturated rings. The SMILES string of the molecule is Cc1nn(C)c(CC2=CC(Cl)CC2)c1Br. The maximum Gasteiger partial charge on any atom is 0.0738 e. The van der Waals surface area contributed by atoms with Crippen LogP contribution >= 0.6 is 27.5 Å². The van der Waals surface area contributed by atoms with Crippen molar-refractivity contribution in [3.8, 4) is 0 Å². The first kappa shape index (κ1) is 11.2. The number of allylic oxidation sites excluding steroid dienone is 2. The first-order valence-electron chi connectivity index (χ1n) is 5.09. The Hall–Kier alpha value is -0.280. The average Bonchev–Trinajstić information content (AvgIpc) is 2.67. The molecule has 1 heterocycles. The topological polar surface area (TPSA) is 17.8 Å². The number of hydrogen-bond acceptors (Lipinski definition) is 1. The summed E-state index contributed by atoms with van der Waals surface area (Å²) in [7, 11) is 1.99. The lowest BCUT2D eigenvalue weighted by atomic mass is 10.1. The largest absolute Gasteiger partial charge is 0.271 e. The van der Waals surface area contributed by atoms with Crippen molar-refractivity contribution in [2.75, 3.05) is 0 Å². The van der Waals surface area contributed by atoms with Gasteiger partial charge in [-0.2, -0.15) is 5.10 Å². The summed E-state index contributed by atoms with van der Waals surface area (Å²) in [6, 6.07) is 0. The lowest BCUT2D eigenvalue weighted by Crippen LogP contribution is -1.99. The zero-order valence-corrected chi connectivity index (χ0v) is 11.3. The normalized spacial score (nSPS) is 20.8. The zero-order valence-electron chi connectivity index (χ0n) is 8.93. The molecule has 82 valence electrons. The number of halogens is 2. The predicted molar refractivity (Wildman–Crippen MR) is 66.3 cm³/mol. The first-order valence-corrected chi connectivity index (χ1v) is 6.32. The fraction of sp³-hybridized carbons (Fsp3) is 0.545. The third-order valence-corrected chi connectivity index (χ3v) is 4.19. The van der Waals surface area contributed by atoms with Crippen LogP contribution in [0.5, 0.6) is 0 Å². The van der Waals surface area contributed by atoms with E-state index in [1.54, 1.807) is 0 Å². The Morgan fingerprint density at radius 3 is 2.87 bits per heavy atom. The van der Waals surface area contributed by atoms with Crippen molar-refractivity contribution >= 4 is 27.5 Å². The van der Waals surface area contributed by atoms with Gasteiger partial charge in [0.2, 0.25) is 0 Å². The van der Waals surface area contributed by atoms with Crippen molar-refractivity contribution in [1.29, 1.82) is 0 Å². The van der Waals surface area contributed by atoms with Gasteiger partial charge in [-0.25, -0.2) is 0 Å². The number of aromatic nitrogens is 2. The highest BCUT2D eigenvalue weighted by Crippen LogP contribution is 2.29. The highest BCUT2D eigenvalue weighted by atomic mass is 79.9. The van der Waals surface area contributed by atoms with Crippen LogP contribution in [0, 0.1) is 6.92 Å². The summed E-state index contributed by atoms with van der Waals surface area (Å²) in [5, 5.41) is 4.61. The first-order chi connectivity index (χ1) is 7.08. The summed E-state index contributed by atoms with van der Waals surface area (Å²) < 4.78 is 3.07. The molecule has 1 atom stereocenters. The second-order valence-corrected chi connectivity index (χ2v) is 5.38. The Balaban J connectivity index is 2.21. The molecule has 0 saturated carbocycles. The Bertz CT molecular complexity index is 409. The molecule has 2 nitrogen and oxygen atoms in total. The predicted octanol–water partition coefficient (Wildman–Crippen LogP) is 3.36. The number of rotatable bonds is 2. The van der Waals surface area contributed by atoms with E-state index in [-0.39, 0.29) is 5.38 Å². The monoisotopic (exact) mass is 288 g/mol. The molecule has 1 aromatic heterocycles. The maximum atomic E-state index is 6.05. The molecule has 0 N–H and O–H groups in total. The van der Waals surface area contributed by atoms with Gasteiger partial charge in [-0.3, -0.25) is 4.68 Å². The summed E-state index contributed by atoms with van der Waals surface area (Å²) >= 11 is 9.63. The van der Waals surface area contributed by atoms with Gasteiger partial charge in [-0.1, -0.05) is 11.6 Å². The van der Waals surface area contributed by atoms with E-state index in [0.717, 1.165) is 29.4 Å². The van der Waals surface area contributed by atoms with Crippen LogP contribution in [-0.4, -0.2) is 15.2 Å². The van der Waals surface area contributed by atoms with Gasteiger partial charge in [-0.05, 0) is 35.7 Å². The third kappa shape index (κ3) is 2.28. The highest BCUT2D eigenvalue weighted by molar-refractivity contribution is 9.10. The van der Waals surface area contributed by atoms with E-state index in [1.807, 2.05) is 18.7 Å². The average molecular weight is 290 g/mol. The van der Waals surface area contributed by atoms with Gasteiger partial charge in [0.25, 0.3) is 0 Å². The van der Waals surface area contributed by atoms with Crippen LogP contribution in [0.1, 0.15) is 24.2 Å². The van der Waals surface area contributed by atoms with Gasteiger partial charge >= 0.3 is 0 Å². The minimum absolute atomic E-state index is 0.230. The molecule has 0 aliphatic heterocycles. The van der Waals surface area contributed by atoms with Gasteiger partial charge in [0.15, 0.2) is 0 Å². The molecule has 2 rings (SSSR count). The lowest BCUT2D eigenvalue weighted by Gasteiger charge is -2.03. The molecule has 4 heteroatoms. The quantitative estimate of drug-likeness (QED) is 0.603. The van der Waals surface area contributed by atoms with Crippen molar-refractivity contribution < 1.29 is 0 Å². The van der Waals surface area contributed by atoms with Crippen LogP contribution in [0.3, 0.4) is 0 Å². The van der Waals surface area contributed by atoms with E-state index in [0.29, 0.717) is 0 Å². The van der Waals surface area contributed by atoms with Crippen LogP contribution in [0.25, 0.3) is 0 Å². The van der Waals surface area contributed by atoms with Crippen LogP contribution < -0.4 is 0 Å². The fourth-order valence-corrected chi connectivity index (χ4v) is 2.74. The smallest absolute Gasteiger partial charge is 0.0738 e. The van der Waals surface area contributed by atoms with Gasteiger partial charge in [0.05, 0.1) is 21.2 Å². The summed E-state index contributed by atoms with van der Waals surface area (Å²) in [6.07, 6.45) is 5.33. The Morgan fingerprint density at radius 2 is 2.40 bits per heavy atom. The van der Waals surface area contributed by atoms with Crippen molar-refractivity contribution in [3.05, 3.63) is 27.5 Å².